The molecule has 0 spiro atoms. The van der Waals surface area contributed by atoms with Crippen LogP contribution in [0.25, 0.3) is 21.6 Å². The molecule has 2 N–H and O–H groups in total. The van der Waals surface area contributed by atoms with Crippen LogP contribution in [0.3, 0.4) is 0 Å². The van der Waals surface area contributed by atoms with Crippen LogP contribution in [0.5, 0.6) is 0 Å². The number of piperidine rings is 1. The Morgan fingerprint density at radius 2 is 2.06 bits per heavy atom. The quantitative estimate of drug-likeness (QED) is 0.579. The first-order valence-corrected chi connectivity index (χ1v) is 11.6. The summed E-state index contributed by atoms with van der Waals surface area (Å²) in [4.78, 5) is 48.4. The van der Waals surface area contributed by atoms with Gasteiger partial charge in [-0.25, -0.2) is 9.97 Å². The maximum absolute atomic E-state index is 12.9. The fourth-order valence-corrected chi connectivity index (χ4v) is 5.04. The zero-order valence-corrected chi connectivity index (χ0v) is 18.7. The minimum Gasteiger partial charge on any atom is -0.359 e. The Kier molecular flexibility index (Phi) is 5.13. The Hall–Kier alpha value is -3.33. The van der Waals surface area contributed by atoms with Crippen molar-refractivity contribution < 1.29 is 14.4 Å². The van der Waals surface area contributed by atoms with Gasteiger partial charge in [0, 0.05) is 30.1 Å². The molecule has 32 heavy (non-hydrogen) atoms. The molecule has 2 aliphatic heterocycles. The molecule has 8 nitrogen and oxygen atoms in total. The predicted octanol–water partition coefficient (Wildman–Crippen LogP) is 3.33. The predicted molar refractivity (Wildman–Crippen MR) is 122 cm³/mol. The fraction of sp³-hybridized carbons (Fsp3) is 0.348. The minimum absolute atomic E-state index is 0.173. The van der Waals surface area contributed by atoms with Crippen LogP contribution in [0.1, 0.15) is 49.0 Å². The molecule has 164 valence electrons. The standard InChI is InChI=1S/C23H23N5O3S/c1-3-12(2)24-23-26-17-7-6-16(25-21(17)32-23)13-4-5-15-14(10-13)11-28(22(15)31)18-8-9-19(29)27-20(18)30/h4-7,10,12,18H,3,8-9,11H2,1-2H3,(H,24,26)(H,27,29,30). The molecule has 2 unspecified atom stereocenters. The van der Waals surface area contributed by atoms with Gasteiger partial charge in [-0.2, -0.15) is 0 Å². The SMILES string of the molecule is CCC(C)Nc1nc2ccc(-c3ccc4c(c3)CN(C3CCC(=O)NC3=O)C4=O)nc2s1. The van der Waals surface area contributed by atoms with Crippen LogP contribution in [0, 0.1) is 0 Å². The Morgan fingerprint density at radius 1 is 1.22 bits per heavy atom. The van der Waals surface area contributed by atoms with E-state index in [1.54, 1.807) is 11.0 Å². The third-order valence-electron chi connectivity index (χ3n) is 6.06. The van der Waals surface area contributed by atoms with E-state index >= 15 is 0 Å². The number of benzene rings is 1. The average Bonchev–Trinajstić information content (AvgIpc) is 3.33. The van der Waals surface area contributed by atoms with Gasteiger partial charge in [-0.1, -0.05) is 24.3 Å². The number of fused-ring (bicyclic) bond motifs is 2. The molecule has 3 aromatic rings. The van der Waals surface area contributed by atoms with E-state index in [1.807, 2.05) is 24.3 Å². The highest BCUT2D eigenvalue weighted by Gasteiger charge is 2.39. The van der Waals surface area contributed by atoms with Crippen molar-refractivity contribution in [2.75, 3.05) is 5.32 Å². The van der Waals surface area contributed by atoms with E-state index in [-0.39, 0.29) is 18.2 Å². The molecule has 1 aromatic carbocycles. The number of carbonyl (C=O) groups is 3. The molecule has 3 amide bonds. The van der Waals surface area contributed by atoms with Gasteiger partial charge in [-0.05, 0) is 49.6 Å². The number of aromatic nitrogens is 2. The largest absolute Gasteiger partial charge is 0.359 e. The van der Waals surface area contributed by atoms with Crippen LogP contribution in [0.15, 0.2) is 30.3 Å². The summed E-state index contributed by atoms with van der Waals surface area (Å²) in [5.74, 6) is -0.862. The van der Waals surface area contributed by atoms with Crippen molar-refractivity contribution in [3.05, 3.63) is 41.5 Å². The Morgan fingerprint density at radius 3 is 2.84 bits per heavy atom. The van der Waals surface area contributed by atoms with Crippen molar-refractivity contribution in [2.45, 2.75) is 51.7 Å². The number of hydrogen-bond donors (Lipinski definition) is 2. The van der Waals surface area contributed by atoms with Crippen LogP contribution >= 0.6 is 11.3 Å². The number of nitrogens with zero attached hydrogens (tertiary/aromatic N) is 3. The van der Waals surface area contributed by atoms with E-state index < -0.39 is 11.9 Å². The summed E-state index contributed by atoms with van der Waals surface area (Å²) in [5, 5.41) is 6.59. The first-order valence-electron chi connectivity index (χ1n) is 10.7. The van der Waals surface area contributed by atoms with Gasteiger partial charge >= 0.3 is 0 Å². The molecule has 2 aromatic heterocycles. The lowest BCUT2D eigenvalue weighted by atomic mass is 10.0. The Bertz CT molecular complexity index is 1250. The summed E-state index contributed by atoms with van der Waals surface area (Å²) >= 11 is 1.53. The fourth-order valence-electron chi connectivity index (χ4n) is 4.09. The lowest BCUT2D eigenvalue weighted by molar-refractivity contribution is -0.136. The maximum Gasteiger partial charge on any atom is 0.255 e. The lowest BCUT2D eigenvalue weighted by Gasteiger charge is -2.29. The second-order valence-corrected chi connectivity index (χ2v) is 9.24. The first kappa shape index (κ1) is 20.6. The summed E-state index contributed by atoms with van der Waals surface area (Å²) in [6.07, 6.45) is 1.61. The zero-order chi connectivity index (χ0) is 22.4. The summed E-state index contributed by atoms with van der Waals surface area (Å²) in [7, 11) is 0. The molecule has 0 aliphatic carbocycles. The highest BCUT2D eigenvalue weighted by Crippen LogP contribution is 2.32. The molecule has 1 fully saturated rings. The van der Waals surface area contributed by atoms with Crippen molar-refractivity contribution in [3.63, 3.8) is 0 Å². The molecule has 9 heteroatoms. The van der Waals surface area contributed by atoms with Gasteiger partial charge in [0.15, 0.2) is 5.13 Å². The number of thiazole rings is 1. The molecular formula is C23H23N5O3S. The van der Waals surface area contributed by atoms with Crippen molar-refractivity contribution in [1.82, 2.24) is 20.2 Å². The van der Waals surface area contributed by atoms with Crippen molar-refractivity contribution >= 4 is 44.5 Å². The smallest absolute Gasteiger partial charge is 0.255 e. The van der Waals surface area contributed by atoms with Crippen LogP contribution in [-0.2, 0) is 16.1 Å². The zero-order valence-electron chi connectivity index (χ0n) is 17.8. The third-order valence-corrected chi connectivity index (χ3v) is 6.95. The number of carbonyl (C=O) groups excluding carboxylic acids is 3. The number of hydrogen-bond acceptors (Lipinski definition) is 7. The maximum atomic E-state index is 12.9. The third kappa shape index (κ3) is 3.62. The first-order chi connectivity index (χ1) is 15.4. The van der Waals surface area contributed by atoms with Gasteiger partial charge in [0.25, 0.3) is 5.91 Å². The number of amides is 3. The molecule has 2 atom stereocenters. The molecule has 0 radical (unpaired) electrons. The second kappa shape index (κ2) is 7.98. The van der Waals surface area contributed by atoms with Gasteiger partial charge < -0.3 is 10.2 Å². The van der Waals surface area contributed by atoms with E-state index in [1.165, 1.54) is 11.3 Å². The summed E-state index contributed by atoms with van der Waals surface area (Å²) in [6, 6.07) is 9.28. The van der Waals surface area contributed by atoms with E-state index in [0.29, 0.717) is 24.6 Å². The molecule has 0 bridgehead atoms. The van der Waals surface area contributed by atoms with Crippen LogP contribution in [0.2, 0.25) is 0 Å². The van der Waals surface area contributed by atoms with Gasteiger partial charge in [0.05, 0.1) is 5.69 Å². The minimum atomic E-state index is -0.612. The average molecular weight is 450 g/mol. The molecule has 4 heterocycles. The van der Waals surface area contributed by atoms with Crippen LogP contribution in [0.4, 0.5) is 5.13 Å². The van der Waals surface area contributed by atoms with Crippen LogP contribution < -0.4 is 10.6 Å². The normalized spacial score (nSPS) is 19.2. The molecule has 1 saturated heterocycles. The van der Waals surface area contributed by atoms with Crippen molar-refractivity contribution in [1.29, 1.82) is 0 Å². The lowest BCUT2D eigenvalue weighted by Crippen LogP contribution is -2.52. The molecule has 5 rings (SSSR count). The molecule has 0 saturated carbocycles. The van der Waals surface area contributed by atoms with E-state index in [2.05, 4.69) is 29.5 Å². The van der Waals surface area contributed by atoms with E-state index in [4.69, 9.17) is 4.98 Å². The second-order valence-electron chi connectivity index (χ2n) is 8.27. The monoisotopic (exact) mass is 449 g/mol. The topological polar surface area (TPSA) is 104 Å². The van der Waals surface area contributed by atoms with Gasteiger partial charge in [-0.3, -0.25) is 19.7 Å². The van der Waals surface area contributed by atoms with Gasteiger partial charge in [0.2, 0.25) is 11.8 Å². The number of pyridine rings is 1. The van der Waals surface area contributed by atoms with Crippen molar-refractivity contribution in [2.24, 2.45) is 0 Å². The van der Waals surface area contributed by atoms with Gasteiger partial charge in [-0.15, -0.1) is 0 Å². The Labute approximate surface area is 189 Å². The number of rotatable bonds is 5. The van der Waals surface area contributed by atoms with Crippen LogP contribution in [-0.4, -0.2) is 44.7 Å². The van der Waals surface area contributed by atoms with Gasteiger partial charge in [0.1, 0.15) is 16.4 Å². The highest BCUT2D eigenvalue weighted by atomic mass is 32.1. The molecular weight excluding hydrogens is 426 g/mol. The Balaban J connectivity index is 1.40. The highest BCUT2D eigenvalue weighted by molar-refractivity contribution is 7.21. The molecule has 2 aliphatic rings. The summed E-state index contributed by atoms with van der Waals surface area (Å²) < 4.78 is 0. The van der Waals surface area contributed by atoms with Crippen molar-refractivity contribution in [3.8, 4) is 11.3 Å². The summed E-state index contributed by atoms with van der Waals surface area (Å²) in [5.41, 5.74) is 4.03. The number of anilines is 1. The summed E-state index contributed by atoms with van der Waals surface area (Å²) in [6.45, 7) is 4.59. The number of nitrogens with one attached hydrogen (secondary N) is 2. The number of imide groups is 1. The van der Waals surface area contributed by atoms with E-state index in [9.17, 15) is 14.4 Å². The van der Waals surface area contributed by atoms with E-state index in [0.717, 1.165) is 38.7 Å².